The SMILES string of the molecule is Cc1ncsc1C(=O)N[C@H](Cn1nc(-c2cccs2)ccc1=O)C(C)C. The molecule has 26 heavy (non-hydrogen) atoms. The molecular formula is C18H20N4O2S2. The highest BCUT2D eigenvalue weighted by Crippen LogP contribution is 2.21. The number of nitrogens with one attached hydrogen (secondary N) is 1. The Hall–Kier alpha value is -2.32. The van der Waals surface area contributed by atoms with Gasteiger partial charge in [-0.25, -0.2) is 9.67 Å². The summed E-state index contributed by atoms with van der Waals surface area (Å²) in [4.78, 5) is 30.5. The third kappa shape index (κ3) is 4.08. The van der Waals surface area contributed by atoms with E-state index in [9.17, 15) is 9.59 Å². The second-order valence-corrected chi connectivity index (χ2v) is 8.11. The monoisotopic (exact) mass is 388 g/mol. The van der Waals surface area contributed by atoms with Gasteiger partial charge >= 0.3 is 0 Å². The fraction of sp³-hybridized carbons (Fsp3) is 0.333. The summed E-state index contributed by atoms with van der Waals surface area (Å²) in [6, 6.07) is 6.96. The number of thiazole rings is 1. The van der Waals surface area contributed by atoms with Crippen molar-refractivity contribution in [1.29, 1.82) is 0 Å². The summed E-state index contributed by atoms with van der Waals surface area (Å²) >= 11 is 2.89. The number of rotatable bonds is 6. The molecule has 0 spiro atoms. The van der Waals surface area contributed by atoms with Gasteiger partial charge in [0.05, 0.1) is 28.7 Å². The van der Waals surface area contributed by atoms with Crippen molar-refractivity contribution in [2.45, 2.75) is 33.4 Å². The molecule has 0 unspecified atom stereocenters. The van der Waals surface area contributed by atoms with Crippen LogP contribution in [0.4, 0.5) is 0 Å². The lowest BCUT2D eigenvalue weighted by Crippen LogP contribution is -2.43. The lowest BCUT2D eigenvalue weighted by atomic mass is 10.0. The van der Waals surface area contributed by atoms with Crippen LogP contribution in [0.3, 0.4) is 0 Å². The average molecular weight is 389 g/mol. The van der Waals surface area contributed by atoms with Gasteiger partial charge in [0.15, 0.2) is 0 Å². The number of aryl methyl sites for hydroxylation is 1. The van der Waals surface area contributed by atoms with Crippen LogP contribution in [-0.4, -0.2) is 26.7 Å². The number of nitrogens with zero attached hydrogens (tertiary/aromatic N) is 3. The van der Waals surface area contributed by atoms with Gasteiger partial charge in [0.1, 0.15) is 10.6 Å². The van der Waals surface area contributed by atoms with Gasteiger partial charge in [-0.3, -0.25) is 9.59 Å². The summed E-state index contributed by atoms with van der Waals surface area (Å²) < 4.78 is 1.43. The molecule has 6 nitrogen and oxygen atoms in total. The largest absolute Gasteiger partial charge is 0.346 e. The molecule has 0 radical (unpaired) electrons. The molecule has 0 bridgehead atoms. The minimum atomic E-state index is -0.215. The summed E-state index contributed by atoms with van der Waals surface area (Å²) in [6.07, 6.45) is 0. The fourth-order valence-corrected chi connectivity index (χ4v) is 3.89. The molecule has 0 aliphatic carbocycles. The Kier molecular flexibility index (Phi) is 5.63. The van der Waals surface area contributed by atoms with Crippen LogP contribution in [0.15, 0.2) is 40.0 Å². The Morgan fingerprint density at radius 1 is 1.27 bits per heavy atom. The molecule has 1 atom stereocenters. The Bertz CT molecular complexity index is 944. The van der Waals surface area contributed by atoms with E-state index in [1.807, 2.05) is 38.3 Å². The first kappa shape index (κ1) is 18.5. The van der Waals surface area contributed by atoms with Crippen molar-refractivity contribution < 1.29 is 4.79 Å². The smallest absolute Gasteiger partial charge is 0.266 e. The van der Waals surface area contributed by atoms with Crippen molar-refractivity contribution in [2.75, 3.05) is 0 Å². The molecule has 0 aliphatic rings. The molecule has 3 rings (SSSR count). The lowest BCUT2D eigenvalue weighted by molar-refractivity contribution is 0.0922. The predicted octanol–water partition coefficient (Wildman–Crippen LogP) is 3.19. The van der Waals surface area contributed by atoms with Gasteiger partial charge in [0, 0.05) is 6.07 Å². The normalized spacial score (nSPS) is 12.3. The molecule has 1 amide bonds. The van der Waals surface area contributed by atoms with Crippen LogP contribution in [0.2, 0.25) is 0 Å². The van der Waals surface area contributed by atoms with Crippen LogP contribution >= 0.6 is 22.7 Å². The zero-order valence-electron chi connectivity index (χ0n) is 14.8. The number of aromatic nitrogens is 3. The second kappa shape index (κ2) is 7.92. The van der Waals surface area contributed by atoms with Gasteiger partial charge in [0.25, 0.3) is 11.5 Å². The van der Waals surface area contributed by atoms with Gasteiger partial charge in [-0.05, 0) is 30.4 Å². The molecule has 3 aromatic rings. The van der Waals surface area contributed by atoms with E-state index in [0.717, 1.165) is 10.6 Å². The van der Waals surface area contributed by atoms with E-state index in [1.54, 1.807) is 22.9 Å². The highest BCUT2D eigenvalue weighted by atomic mass is 32.1. The van der Waals surface area contributed by atoms with E-state index >= 15 is 0 Å². The van der Waals surface area contributed by atoms with E-state index in [0.29, 0.717) is 17.1 Å². The number of thiophene rings is 1. The molecule has 3 aromatic heterocycles. The van der Waals surface area contributed by atoms with Gasteiger partial charge < -0.3 is 5.32 Å². The number of amides is 1. The van der Waals surface area contributed by atoms with Crippen molar-refractivity contribution in [2.24, 2.45) is 5.92 Å². The second-order valence-electron chi connectivity index (χ2n) is 6.31. The van der Waals surface area contributed by atoms with E-state index in [2.05, 4.69) is 15.4 Å². The minimum absolute atomic E-state index is 0.145. The third-order valence-electron chi connectivity index (χ3n) is 4.08. The number of carbonyl (C=O) groups excluding carboxylic acids is 1. The van der Waals surface area contributed by atoms with E-state index in [-0.39, 0.29) is 23.4 Å². The highest BCUT2D eigenvalue weighted by molar-refractivity contribution is 7.13. The fourth-order valence-electron chi connectivity index (χ4n) is 2.50. The standard InChI is InChI=1S/C18H20N4O2S2/c1-11(2)14(20-18(24)17-12(3)19-10-26-17)9-22-16(23)7-6-13(21-22)15-5-4-8-25-15/h4-8,10-11,14H,9H2,1-3H3,(H,20,24)/t14-/m1/s1. The van der Waals surface area contributed by atoms with Gasteiger partial charge in [-0.1, -0.05) is 19.9 Å². The number of carbonyl (C=O) groups is 1. The predicted molar refractivity (Wildman–Crippen MR) is 105 cm³/mol. The maximum atomic E-state index is 12.5. The molecule has 8 heteroatoms. The van der Waals surface area contributed by atoms with Gasteiger partial charge in [0.2, 0.25) is 0 Å². The molecule has 136 valence electrons. The maximum absolute atomic E-state index is 12.5. The first-order valence-electron chi connectivity index (χ1n) is 8.28. The Morgan fingerprint density at radius 2 is 2.08 bits per heavy atom. The first-order chi connectivity index (χ1) is 12.5. The maximum Gasteiger partial charge on any atom is 0.266 e. The average Bonchev–Trinajstić information content (AvgIpc) is 3.27. The molecule has 0 saturated carbocycles. The van der Waals surface area contributed by atoms with Crippen molar-refractivity contribution in [3.63, 3.8) is 0 Å². The molecule has 3 heterocycles. The number of hydrogen-bond donors (Lipinski definition) is 1. The third-order valence-corrected chi connectivity index (χ3v) is 5.90. The van der Waals surface area contributed by atoms with Gasteiger partial charge in [-0.15, -0.1) is 22.7 Å². The van der Waals surface area contributed by atoms with Crippen LogP contribution < -0.4 is 10.9 Å². The molecule has 0 aromatic carbocycles. The topological polar surface area (TPSA) is 76.9 Å². The zero-order chi connectivity index (χ0) is 18.7. The summed E-state index contributed by atoms with van der Waals surface area (Å²) in [5.41, 5.74) is 2.95. The van der Waals surface area contributed by atoms with E-state index in [4.69, 9.17) is 0 Å². The summed E-state index contributed by atoms with van der Waals surface area (Å²) in [6.45, 7) is 6.16. The lowest BCUT2D eigenvalue weighted by Gasteiger charge is -2.22. The van der Waals surface area contributed by atoms with E-state index < -0.39 is 0 Å². The summed E-state index contributed by atoms with van der Waals surface area (Å²) in [5, 5.41) is 9.48. The van der Waals surface area contributed by atoms with Crippen molar-refractivity contribution in [1.82, 2.24) is 20.1 Å². The quantitative estimate of drug-likeness (QED) is 0.703. The Balaban J connectivity index is 1.82. The first-order valence-corrected chi connectivity index (χ1v) is 10.0. The van der Waals surface area contributed by atoms with Crippen molar-refractivity contribution in [3.8, 4) is 10.6 Å². The van der Waals surface area contributed by atoms with Crippen LogP contribution in [0.1, 0.15) is 29.2 Å². The van der Waals surface area contributed by atoms with Crippen LogP contribution in [0.25, 0.3) is 10.6 Å². The molecule has 0 fully saturated rings. The zero-order valence-corrected chi connectivity index (χ0v) is 16.4. The van der Waals surface area contributed by atoms with Crippen LogP contribution in [-0.2, 0) is 6.54 Å². The van der Waals surface area contributed by atoms with Crippen LogP contribution in [0, 0.1) is 12.8 Å². The summed E-state index contributed by atoms with van der Waals surface area (Å²) in [7, 11) is 0. The Labute approximate surface area is 159 Å². The summed E-state index contributed by atoms with van der Waals surface area (Å²) in [5.74, 6) is -0.0163. The molecule has 1 N–H and O–H groups in total. The van der Waals surface area contributed by atoms with Crippen molar-refractivity contribution in [3.05, 3.63) is 56.1 Å². The molecule has 0 saturated heterocycles. The number of hydrogen-bond acceptors (Lipinski definition) is 6. The van der Waals surface area contributed by atoms with Crippen LogP contribution in [0.5, 0.6) is 0 Å². The minimum Gasteiger partial charge on any atom is -0.346 e. The highest BCUT2D eigenvalue weighted by Gasteiger charge is 2.21. The molecule has 0 aliphatic heterocycles. The van der Waals surface area contributed by atoms with E-state index in [1.165, 1.54) is 22.1 Å². The Morgan fingerprint density at radius 3 is 2.69 bits per heavy atom. The van der Waals surface area contributed by atoms with Gasteiger partial charge in [-0.2, -0.15) is 5.10 Å². The van der Waals surface area contributed by atoms with Crippen molar-refractivity contribution >= 4 is 28.6 Å². The molecular weight excluding hydrogens is 368 g/mol.